The minimum atomic E-state index is -0.170. The van der Waals surface area contributed by atoms with Crippen molar-refractivity contribution in [2.75, 3.05) is 13.7 Å². The Labute approximate surface area is 97.9 Å². The van der Waals surface area contributed by atoms with Crippen LogP contribution in [0.3, 0.4) is 0 Å². The summed E-state index contributed by atoms with van der Waals surface area (Å²) in [5, 5.41) is 2.91. The summed E-state index contributed by atoms with van der Waals surface area (Å²) in [5.74, 6) is 0.0878. The highest BCUT2D eigenvalue weighted by molar-refractivity contribution is 5.77. The van der Waals surface area contributed by atoms with Crippen LogP contribution in [0.25, 0.3) is 0 Å². The fourth-order valence-electron chi connectivity index (χ4n) is 1.98. The molecule has 94 valence electrons. The van der Waals surface area contributed by atoms with Gasteiger partial charge in [-0.1, -0.05) is 6.92 Å². The van der Waals surface area contributed by atoms with E-state index < -0.39 is 0 Å². The van der Waals surface area contributed by atoms with Gasteiger partial charge in [-0.2, -0.15) is 0 Å². The van der Waals surface area contributed by atoms with Crippen LogP contribution >= 0.6 is 0 Å². The normalized spacial score (nSPS) is 19.9. The first-order valence-electron chi connectivity index (χ1n) is 6.19. The number of methoxy groups -OCH3 is 1. The lowest BCUT2D eigenvalue weighted by molar-refractivity contribution is -0.134. The maximum absolute atomic E-state index is 11.6. The number of nitrogens with one attached hydrogen (secondary N) is 1. The zero-order valence-electron chi connectivity index (χ0n) is 10.4. The SMILES string of the molecule is CCC(N)CCNC(=O)CC1(OC)CCC1. The molecule has 4 nitrogen and oxygen atoms in total. The minimum absolute atomic E-state index is 0.0878. The van der Waals surface area contributed by atoms with Crippen LogP contribution in [0.2, 0.25) is 0 Å². The van der Waals surface area contributed by atoms with Crippen molar-refractivity contribution in [3.8, 4) is 0 Å². The van der Waals surface area contributed by atoms with Crippen LogP contribution in [0, 0.1) is 0 Å². The van der Waals surface area contributed by atoms with Gasteiger partial charge >= 0.3 is 0 Å². The van der Waals surface area contributed by atoms with Crippen molar-refractivity contribution in [3.05, 3.63) is 0 Å². The highest BCUT2D eigenvalue weighted by Gasteiger charge is 2.38. The lowest BCUT2D eigenvalue weighted by Crippen LogP contribution is -2.44. The van der Waals surface area contributed by atoms with Gasteiger partial charge in [-0.05, 0) is 32.1 Å². The fraction of sp³-hybridized carbons (Fsp3) is 0.917. The van der Waals surface area contributed by atoms with Crippen molar-refractivity contribution in [2.45, 2.75) is 57.1 Å². The van der Waals surface area contributed by atoms with Crippen molar-refractivity contribution in [1.82, 2.24) is 5.32 Å². The van der Waals surface area contributed by atoms with Crippen molar-refractivity contribution < 1.29 is 9.53 Å². The predicted molar refractivity (Wildman–Crippen MR) is 64.1 cm³/mol. The molecule has 0 aromatic rings. The largest absolute Gasteiger partial charge is 0.378 e. The number of hydrogen-bond donors (Lipinski definition) is 2. The van der Waals surface area contributed by atoms with Crippen LogP contribution in [0.1, 0.15) is 45.4 Å². The second-order valence-corrected chi connectivity index (χ2v) is 4.72. The molecule has 0 spiro atoms. The smallest absolute Gasteiger partial charge is 0.222 e. The van der Waals surface area contributed by atoms with E-state index in [0.717, 1.165) is 25.7 Å². The predicted octanol–water partition coefficient (Wildman–Crippen LogP) is 1.19. The Morgan fingerprint density at radius 3 is 2.69 bits per heavy atom. The van der Waals surface area contributed by atoms with E-state index >= 15 is 0 Å². The molecule has 1 fully saturated rings. The molecule has 0 bridgehead atoms. The zero-order valence-corrected chi connectivity index (χ0v) is 10.4. The summed E-state index contributed by atoms with van der Waals surface area (Å²) in [6.45, 7) is 2.73. The van der Waals surface area contributed by atoms with Crippen LogP contribution < -0.4 is 11.1 Å². The lowest BCUT2D eigenvalue weighted by Gasteiger charge is -2.39. The molecule has 1 amide bonds. The third-order valence-corrected chi connectivity index (χ3v) is 3.54. The zero-order chi connectivity index (χ0) is 12.0. The second kappa shape index (κ2) is 6.21. The Morgan fingerprint density at radius 1 is 1.56 bits per heavy atom. The standard InChI is InChI=1S/C12H24N2O2/c1-3-10(13)5-8-14-11(15)9-12(16-2)6-4-7-12/h10H,3-9,13H2,1-2H3,(H,14,15). The highest BCUT2D eigenvalue weighted by Crippen LogP contribution is 2.37. The molecule has 1 saturated carbocycles. The summed E-state index contributed by atoms with van der Waals surface area (Å²) >= 11 is 0. The first-order valence-corrected chi connectivity index (χ1v) is 6.19. The summed E-state index contributed by atoms with van der Waals surface area (Å²) in [6, 6.07) is 0.195. The summed E-state index contributed by atoms with van der Waals surface area (Å²) in [5.41, 5.74) is 5.60. The van der Waals surface area contributed by atoms with Crippen molar-refractivity contribution in [2.24, 2.45) is 5.73 Å². The number of rotatable bonds is 7. The van der Waals surface area contributed by atoms with Gasteiger partial charge in [0.1, 0.15) is 0 Å². The Balaban J connectivity index is 2.15. The molecule has 1 rings (SSSR count). The number of carbonyl (C=O) groups excluding carboxylic acids is 1. The van der Waals surface area contributed by atoms with Gasteiger partial charge in [0.25, 0.3) is 0 Å². The van der Waals surface area contributed by atoms with Gasteiger partial charge in [0, 0.05) is 19.7 Å². The van der Waals surface area contributed by atoms with Crippen LogP contribution in [0.5, 0.6) is 0 Å². The summed E-state index contributed by atoms with van der Waals surface area (Å²) < 4.78 is 5.41. The second-order valence-electron chi connectivity index (χ2n) is 4.72. The monoisotopic (exact) mass is 228 g/mol. The van der Waals surface area contributed by atoms with E-state index in [1.165, 1.54) is 6.42 Å². The third-order valence-electron chi connectivity index (χ3n) is 3.54. The molecule has 16 heavy (non-hydrogen) atoms. The highest BCUT2D eigenvalue weighted by atomic mass is 16.5. The molecule has 0 aliphatic heterocycles. The number of ether oxygens (including phenoxy) is 1. The lowest BCUT2D eigenvalue weighted by atomic mass is 9.77. The van der Waals surface area contributed by atoms with Gasteiger partial charge in [0.05, 0.1) is 12.0 Å². The van der Waals surface area contributed by atoms with Crippen LogP contribution in [0.4, 0.5) is 0 Å². The molecule has 0 saturated heterocycles. The number of nitrogens with two attached hydrogens (primary N) is 1. The number of hydrogen-bond acceptors (Lipinski definition) is 3. The van der Waals surface area contributed by atoms with E-state index in [-0.39, 0.29) is 17.6 Å². The molecule has 1 unspecified atom stereocenters. The molecule has 1 aliphatic carbocycles. The average molecular weight is 228 g/mol. The Bertz CT molecular complexity index is 222. The summed E-state index contributed by atoms with van der Waals surface area (Å²) in [6.07, 6.45) is 5.48. The van der Waals surface area contributed by atoms with Crippen LogP contribution in [-0.2, 0) is 9.53 Å². The van der Waals surface area contributed by atoms with E-state index in [1.54, 1.807) is 7.11 Å². The van der Waals surface area contributed by atoms with Gasteiger partial charge in [-0.25, -0.2) is 0 Å². The molecule has 3 N–H and O–H groups in total. The molecule has 0 aromatic heterocycles. The quantitative estimate of drug-likeness (QED) is 0.688. The van der Waals surface area contributed by atoms with Gasteiger partial charge in [0.2, 0.25) is 5.91 Å². The summed E-state index contributed by atoms with van der Waals surface area (Å²) in [7, 11) is 1.69. The van der Waals surface area contributed by atoms with E-state index in [1.807, 2.05) is 0 Å². The fourth-order valence-corrected chi connectivity index (χ4v) is 1.98. The Morgan fingerprint density at radius 2 is 2.25 bits per heavy atom. The molecule has 0 aromatic carbocycles. The molecular weight excluding hydrogens is 204 g/mol. The molecule has 1 aliphatic rings. The minimum Gasteiger partial charge on any atom is -0.378 e. The topological polar surface area (TPSA) is 64.3 Å². The molecule has 0 radical (unpaired) electrons. The molecule has 4 heteroatoms. The first kappa shape index (κ1) is 13.5. The van der Waals surface area contributed by atoms with E-state index in [0.29, 0.717) is 13.0 Å². The van der Waals surface area contributed by atoms with Gasteiger partial charge in [-0.15, -0.1) is 0 Å². The van der Waals surface area contributed by atoms with Crippen molar-refractivity contribution >= 4 is 5.91 Å². The molecule has 1 atom stereocenters. The molecular formula is C12H24N2O2. The Hall–Kier alpha value is -0.610. The van der Waals surface area contributed by atoms with Gasteiger partial charge in [0.15, 0.2) is 0 Å². The molecule has 0 heterocycles. The van der Waals surface area contributed by atoms with Crippen molar-refractivity contribution in [3.63, 3.8) is 0 Å². The van der Waals surface area contributed by atoms with Crippen molar-refractivity contribution in [1.29, 1.82) is 0 Å². The van der Waals surface area contributed by atoms with Gasteiger partial charge < -0.3 is 15.8 Å². The van der Waals surface area contributed by atoms with Crippen LogP contribution in [0.15, 0.2) is 0 Å². The third kappa shape index (κ3) is 3.76. The number of carbonyl (C=O) groups is 1. The summed E-state index contributed by atoms with van der Waals surface area (Å²) in [4.78, 5) is 11.6. The van der Waals surface area contributed by atoms with Crippen LogP contribution in [-0.4, -0.2) is 31.2 Å². The maximum atomic E-state index is 11.6. The Kier molecular flexibility index (Phi) is 5.22. The van der Waals surface area contributed by atoms with Gasteiger partial charge in [-0.3, -0.25) is 4.79 Å². The first-order chi connectivity index (χ1) is 7.62. The number of amides is 1. The average Bonchev–Trinajstić information content (AvgIpc) is 2.23. The van der Waals surface area contributed by atoms with E-state index in [4.69, 9.17) is 10.5 Å². The maximum Gasteiger partial charge on any atom is 0.222 e. The van der Waals surface area contributed by atoms with E-state index in [2.05, 4.69) is 12.2 Å². The van der Waals surface area contributed by atoms with E-state index in [9.17, 15) is 4.79 Å².